The molecule has 2 aliphatic heterocycles. The highest BCUT2D eigenvalue weighted by molar-refractivity contribution is 5.76. The Morgan fingerprint density at radius 1 is 0.412 bits per heavy atom. The van der Waals surface area contributed by atoms with E-state index in [0.29, 0.717) is 12.8 Å². The summed E-state index contributed by atoms with van der Waals surface area (Å²) in [5.41, 5.74) is 0. The molecule has 0 saturated carbocycles. The highest BCUT2D eigenvalue weighted by atomic mass is 16.7. The molecule has 1 amide bonds. The molecule has 14 heteroatoms. The lowest BCUT2D eigenvalue weighted by Crippen LogP contribution is -2.65. The van der Waals surface area contributed by atoms with E-state index < -0.39 is 86.8 Å². The lowest BCUT2D eigenvalue weighted by Gasteiger charge is -2.46. The van der Waals surface area contributed by atoms with E-state index in [1.54, 1.807) is 6.08 Å². The molecule has 9 N–H and O–H groups in total. The third-order valence-corrected chi connectivity index (χ3v) is 17.6. The van der Waals surface area contributed by atoms with Crippen LogP contribution in [-0.2, 0) is 23.7 Å². The van der Waals surface area contributed by atoms with Crippen LogP contribution in [0.5, 0.6) is 0 Å². The molecule has 0 aromatic rings. The molecule has 2 aliphatic rings. The standard InChI is InChI=1S/C71H133NO13/c1-3-5-7-9-11-13-15-17-19-21-23-25-26-27-28-29-30-31-32-33-34-35-37-39-41-43-45-47-49-51-53-55-63(76)72-59(60(75)54-52-50-48-46-44-42-40-38-36-24-22-20-18-16-14-12-10-8-6-4-2)58-82-70-68(81)66(79)69(62(57-74)84-70)85-71-67(80)65(78)64(77)61(56-73)83-71/h36,38,44,46,52,54,59-62,64-71,73-75,77-81H,3-35,37,39-43,45,47-51,53,55-58H2,1-2H3,(H,72,76)/b38-36+,46-44+,54-52+. The molecule has 0 spiro atoms. The van der Waals surface area contributed by atoms with Crippen LogP contribution in [0.3, 0.4) is 0 Å². The first kappa shape index (κ1) is 79.3. The summed E-state index contributed by atoms with van der Waals surface area (Å²) in [6.07, 6.45) is 55.0. The zero-order valence-corrected chi connectivity index (χ0v) is 54.4. The smallest absolute Gasteiger partial charge is 0.220 e. The molecule has 0 aliphatic carbocycles. The topological polar surface area (TPSA) is 228 Å². The zero-order valence-electron chi connectivity index (χ0n) is 54.4. The number of unbranched alkanes of at least 4 members (excludes halogenated alkanes) is 42. The van der Waals surface area contributed by atoms with Gasteiger partial charge in [-0.25, -0.2) is 0 Å². The summed E-state index contributed by atoms with van der Waals surface area (Å²) in [6.45, 7) is 2.82. The number of allylic oxidation sites excluding steroid dienone is 5. The first-order chi connectivity index (χ1) is 41.6. The van der Waals surface area contributed by atoms with Crippen molar-refractivity contribution in [1.82, 2.24) is 5.32 Å². The third-order valence-electron chi connectivity index (χ3n) is 17.6. The van der Waals surface area contributed by atoms with Gasteiger partial charge in [-0.05, 0) is 44.9 Å². The van der Waals surface area contributed by atoms with Gasteiger partial charge in [-0.3, -0.25) is 4.79 Å². The zero-order chi connectivity index (χ0) is 61.6. The second-order valence-electron chi connectivity index (χ2n) is 25.4. The highest BCUT2D eigenvalue weighted by Crippen LogP contribution is 2.30. The van der Waals surface area contributed by atoms with Gasteiger partial charge < -0.3 is 65.1 Å². The minimum atomic E-state index is -1.79. The van der Waals surface area contributed by atoms with E-state index in [4.69, 9.17) is 18.9 Å². The minimum absolute atomic E-state index is 0.247. The van der Waals surface area contributed by atoms with Crippen molar-refractivity contribution < 1.29 is 64.6 Å². The van der Waals surface area contributed by atoms with Gasteiger partial charge in [0.05, 0.1) is 32.0 Å². The maximum atomic E-state index is 13.3. The fourth-order valence-corrected chi connectivity index (χ4v) is 11.9. The SMILES string of the molecule is CCCCCCCCCCCC/C=C/CC/C=C/CC/C=C/C(O)C(COC1OC(CO)C(OC2OC(CO)C(O)C(O)C2O)C(O)C1O)NC(=O)CCCCCCCCCCCCCCCCCCCCCCCCCCCCCCCCC. The van der Waals surface area contributed by atoms with Crippen LogP contribution in [0.4, 0.5) is 0 Å². The Morgan fingerprint density at radius 3 is 1.15 bits per heavy atom. The van der Waals surface area contributed by atoms with Crippen LogP contribution < -0.4 is 5.32 Å². The van der Waals surface area contributed by atoms with E-state index in [1.807, 2.05) is 6.08 Å². The Kier molecular flexibility index (Phi) is 52.4. The number of amides is 1. The molecule has 2 saturated heterocycles. The number of hydrogen-bond acceptors (Lipinski definition) is 13. The van der Waals surface area contributed by atoms with Gasteiger partial charge in [0.25, 0.3) is 0 Å². The normalized spacial score (nSPS) is 23.7. The van der Waals surface area contributed by atoms with E-state index in [1.165, 1.54) is 238 Å². The first-order valence-corrected chi connectivity index (χ1v) is 35.7. The van der Waals surface area contributed by atoms with Crippen molar-refractivity contribution in [3.63, 3.8) is 0 Å². The molecule has 2 rings (SSSR count). The van der Waals surface area contributed by atoms with Crippen LogP contribution >= 0.6 is 0 Å². The lowest BCUT2D eigenvalue weighted by molar-refractivity contribution is -0.359. The molecule has 14 nitrogen and oxygen atoms in total. The van der Waals surface area contributed by atoms with Crippen molar-refractivity contribution in [3.05, 3.63) is 36.5 Å². The van der Waals surface area contributed by atoms with Gasteiger partial charge in [0.1, 0.15) is 48.8 Å². The summed E-state index contributed by atoms with van der Waals surface area (Å²) < 4.78 is 22.8. The van der Waals surface area contributed by atoms with Crippen molar-refractivity contribution in [2.45, 2.75) is 389 Å². The van der Waals surface area contributed by atoms with Crippen molar-refractivity contribution in [2.24, 2.45) is 0 Å². The average Bonchev–Trinajstić information content (AvgIpc) is 3.29. The Balaban J connectivity index is 1.66. The molecule has 500 valence electrons. The van der Waals surface area contributed by atoms with Crippen molar-refractivity contribution in [3.8, 4) is 0 Å². The van der Waals surface area contributed by atoms with Crippen LogP contribution in [0, 0.1) is 0 Å². The Bertz CT molecular complexity index is 1560. The van der Waals surface area contributed by atoms with Gasteiger partial charge >= 0.3 is 0 Å². The second-order valence-corrected chi connectivity index (χ2v) is 25.4. The molecule has 0 aromatic heterocycles. The second kappa shape index (κ2) is 56.2. The third kappa shape index (κ3) is 40.5. The van der Waals surface area contributed by atoms with Crippen LogP contribution in [0.25, 0.3) is 0 Å². The van der Waals surface area contributed by atoms with Crippen LogP contribution in [0.1, 0.15) is 316 Å². The van der Waals surface area contributed by atoms with E-state index in [0.717, 1.165) is 44.9 Å². The van der Waals surface area contributed by atoms with Crippen LogP contribution in [-0.4, -0.2) is 140 Å². The van der Waals surface area contributed by atoms with Crippen LogP contribution in [0.15, 0.2) is 36.5 Å². The fraction of sp³-hybridized carbons (Fsp3) is 0.901. The van der Waals surface area contributed by atoms with E-state index in [-0.39, 0.29) is 18.9 Å². The van der Waals surface area contributed by atoms with Crippen molar-refractivity contribution >= 4 is 5.91 Å². The minimum Gasteiger partial charge on any atom is -0.394 e. The van der Waals surface area contributed by atoms with Crippen molar-refractivity contribution in [1.29, 1.82) is 0 Å². The number of carbonyl (C=O) groups excluding carboxylic acids is 1. The van der Waals surface area contributed by atoms with E-state index >= 15 is 0 Å². The molecule has 85 heavy (non-hydrogen) atoms. The summed E-state index contributed by atoms with van der Waals surface area (Å²) in [7, 11) is 0. The summed E-state index contributed by atoms with van der Waals surface area (Å²) >= 11 is 0. The van der Waals surface area contributed by atoms with Crippen molar-refractivity contribution in [2.75, 3.05) is 19.8 Å². The summed E-state index contributed by atoms with van der Waals surface area (Å²) in [4.78, 5) is 13.3. The number of nitrogens with one attached hydrogen (secondary N) is 1. The molecule has 0 bridgehead atoms. The largest absolute Gasteiger partial charge is 0.394 e. The number of carbonyl (C=O) groups is 1. The van der Waals surface area contributed by atoms with Gasteiger partial charge in [-0.2, -0.15) is 0 Å². The molecular formula is C71H133NO13. The summed E-state index contributed by atoms with van der Waals surface area (Å²) in [5.74, 6) is -0.247. The molecule has 12 unspecified atom stereocenters. The van der Waals surface area contributed by atoms with E-state index in [2.05, 4.69) is 43.5 Å². The molecule has 0 radical (unpaired) electrons. The van der Waals surface area contributed by atoms with Gasteiger partial charge in [0.2, 0.25) is 5.91 Å². The fourth-order valence-electron chi connectivity index (χ4n) is 11.9. The predicted molar refractivity (Wildman–Crippen MR) is 346 cm³/mol. The van der Waals surface area contributed by atoms with E-state index in [9.17, 15) is 45.6 Å². The summed E-state index contributed by atoms with van der Waals surface area (Å²) in [5, 5.41) is 87.4. The Hall–Kier alpha value is -1.79. The molecular weight excluding hydrogens is 1070 g/mol. The molecule has 12 atom stereocenters. The lowest BCUT2D eigenvalue weighted by atomic mass is 9.97. The average molecular weight is 1210 g/mol. The highest BCUT2D eigenvalue weighted by Gasteiger charge is 2.51. The van der Waals surface area contributed by atoms with Gasteiger partial charge in [-0.1, -0.05) is 301 Å². The quantitative estimate of drug-likeness (QED) is 0.0204. The maximum absolute atomic E-state index is 13.3. The van der Waals surface area contributed by atoms with Gasteiger partial charge in [-0.15, -0.1) is 0 Å². The number of rotatable bonds is 59. The predicted octanol–water partition coefficient (Wildman–Crippen LogP) is 14.5. The molecule has 2 fully saturated rings. The number of aliphatic hydroxyl groups excluding tert-OH is 8. The first-order valence-electron chi connectivity index (χ1n) is 35.7. The monoisotopic (exact) mass is 1210 g/mol. The summed E-state index contributed by atoms with van der Waals surface area (Å²) in [6, 6.07) is -0.937. The number of aliphatic hydroxyl groups is 8. The van der Waals surface area contributed by atoms with Crippen LogP contribution in [0.2, 0.25) is 0 Å². The number of ether oxygens (including phenoxy) is 4. The Labute approximate surface area is 519 Å². The maximum Gasteiger partial charge on any atom is 0.220 e. The Morgan fingerprint density at radius 2 is 0.753 bits per heavy atom. The number of hydrogen-bond donors (Lipinski definition) is 9. The molecule has 2 heterocycles. The van der Waals surface area contributed by atoms with Gasteiger partial charge in [0.15, 0.2) is 12.6 Å². The molecule has 0 aromatic carbocycles. The van der Waals surface area contributed by atoms with Gasteiger partial charge in [0, 0.05) is 6.42 Å².